The number of fused-ring (bicyclic) bond motifs is 3. The highest BCUT2D eigenvalue weighted by Gasteiger charge is 2.50. The summed E-state index contributed by atoms with van der Waals surface area (Å²) < 4.78 is 56.7. The van der Waals surface area contributed by atoms with E-state index >= 15 is 4.39 Å². The van der Waals surface area contributed by atoms with Gasteiger partial charge in [0.1, 0.15) is 18.0 Å². The van der Waals surface area contributed by atoms with Gasteiger partial charge in [-0.15, -0.1) is 11.8 Å². The molecule has 1 saturated heterocycles. The van der Waals surface area contributed by atoms with Crippen molar-refractivity contribution in [3.63, 3.8) is 0 Å². The zero-order chi connectivity index (χ0) is 26.6. The van der Waals surface area contributed by atoms with Gasteiger partial charge in [0.15, 0.2) is 11.5 Å². The van der Waals surface area contributed by atoms with E-state index in [-0.39, 0.29) is 0 Å². The smallest absolute Gasteiger partial charge is 0.408 e. The van der Waals surface area contributed by atoms with Crippen LogP contribution in [0.2, 0.25) is 0 Å². The maximum atomic E-state index is 15.1. The van der Waals surface area contributed by atoms with Gasteiger partial charge in [0.2, 0.25) is 0 Å². The summed E-state index contributed by atoms with van der Waals surface area (Å²) in [6.45, 7) is 2.35. The first-order chi connectivity index (χ1) is 17.5. The van der Waals surface area contributed by atoms with Gasteiger partial charge in [-0.2, -0.15) is 18.2 Å². The molecule has 6 nitrogen and oxygen atoms in total. The molecule has 3 atom stereocenters. The van der Waals surface area contributed by atoms with Gasteiger partial charge in [0.05, 0.1) is 12.7 Å². The monoisotopic (exact) mass is 535 g/mol. The minimum atomic E-state index is -4.74. The second-order valence-corrected chi connectivity index (χ2v) is 10.1. The fraction of sp³-hybridized carbons (Fsp3) is 0.346. The summed E-state index contributed by atoms with van der Waals surface area (Å²) in [5, 5.41) is 23.7. The molecule has 3 aliphatic rings. The van der Waals surface area contributed by atoms with E-state index in [1.807, 2.05) is 25.1 Å². The Hall–Kier alpha value is -3.02. The van der Waals surface area contributed by atoms with Crippen LogP contribution in [-0.4, -0.2) is 56.0 Å². The van der Waals surface area contributed by atoms with E-state index < -0.39 is 54.2 Å². The van der Waals surface area contributed by atoms with Crippen molar-refractivity contribution >= 4 is 17.7 Å². The van der Waals surface area contributed by atoms with Crippen LogP contribution in [0.4, 0.5) is 17.6 Å². The molecule has 5 rings (SSSR count). The van der Waals surface area contributed by atoms with Crippen molar-refractivity contribution in [3.05, 3.63) is 88.2 Å². The van der Waals surface area contributed by atoms with Gasteiger partial charge < -0.3 is 15.1 Å². The van der Waals surface area contributed by atoms with Crippen molar-refractivity contribution in [1.29, 1.82) is 0 Å². The zero-order valence-electron chi connectivity index (χ0n) is 20.0. The Balaban J connectivity index is 1.77. The Bertz CT molecular complexity index is 1310. The lowest BCUT2D eigenvalue weighted by molar-refractivity contribution is -0.204. The van der Waals surface area contributed by atoms with E-state index in [1.54, 1.807) is 12.1 Å². The van der Waals surface area contributed by atoms with E-state index in [1.165, 1.54) is 40.1 Å². The molecule has 3 aliphatic heterocycles. The number of carbonyl (C=O) groups is 1. The van der Waals surface area contributed by atoms with E-state index in [2.05, 4.69) is 0 Å². The molecule has 0 radical (unpaired) electrons. The SMILES string of the molecule is CCc1cccc2c1[C@H](N1CN([C@H](C)C(F)(F)F)C(=O)C3=C(O)C(O)C=CN31)c1cccc(F)c1SC2. The zero-order valence-corrected chi connectivity index (χ0v) is 20.9. The molecule has 0 bridgehead atoms. The number of aliphatic hydroxyl groups is 2. The second kappa shape index (κ2) is 9.38. The van der Waals surface area contributed by atoms with Crippen LogP contribution in [0.3, 0.4) is 0 Å². The minimum Gasteiger partial charge on any atom is -0.507 e. The molecular formula is C26H25F4N3O3S. The molecular weight excluding hydrogens is 510 g/mol. The van der Waals surface area contributed by atoms with Crippen LogP contribution >= 0.6 is 11.8 Å². The lowest BCUT2D eigenvalue weighted by Crippen LogP contribution is -2.62. The number of rotatable bonds is 3. The van der Waals surface area contributed by atoms with Crippen LogP contribution in [0.25, 0.3) is 0 Å². The highest BCUT2D eigenvalue weighted by Crippen LogP contribution is 2.47. The Morgan fingerprint density at radius 1 is 1.19 bits per heavy atom. The summed E-state index contributed by atoms with van der Waals surface area (Å²) in [6.07, 6.45) is -3.07. The maximum Gasteiger partial charge on any atom is 0.408 e. The van der Waals surface area contributed by atoms with Crippen LogP contribution in [-0.2, 0) is 17.0 Å². The molecule has 1 amide bonds. The highest BCUT2D eigenvalue weighted by molar-refractivity contribution is 7.98. The van der Waals surface area contributed by atoms with Gasteiger partial charge in [-0.05, 0) is 47.7 Å². The Morgan fingerprint density at radius 3 is 2.62 bits per heavy atom. The predicted molar refractivity (Wildman–Crippen MR) is 129 cm³/mol. The average molecular weight is 536 g/mol. The third kappa shape index (κ3) is 4.18. The molecule has 2 N–H and O–H groups in total. The molecule has 1 fully saturated rings. The number of hydrogen-bond acceptors (Lipinski definition) is 6. The molecule has 0 spiro atoms. The number of amides is 1. The number of thioether (sulfide) groups is 1. The number of nitrogens with zero attached hydrogens (tertiary/aromatic N) is 3. The van der Waals surface area contributed by atoms with Crippen molar-refractivity contribution < 1.29 is 32.6 Å². The van der Waals surface area contributed by atoms with Crippen molar-refractivity contribution in [2.24, 2.45) is 0 Å². The molecule has 0 saturated carbocycles. The first-order valence-electron chi connectivity index (χ1n) is 11.8. The van der Waals surface area contributed by atoms with Gasteiger partial charge in [-0.25, -0.2) is 4.39 Å². The van der Waals surface area contributed by atoms with Crippen molar-refractivity contribution in [1.82, 2.24) is 14.9 Å². The van der Waals surface area contributed by atoms with Gasteiger partial charge >= 0.3 is 6.18 Å². The molecule has 11 heteroatoms. The standard InChI is InChI=1S/C26H25F4N3O3S/c1-3-15-6-4-7-16-12-37-24-17(8-5-9-18(24)27)21(20(15)16)33-13-31(14(2)26(28,29)30)25(36)22-23(35)19(34)10-11-32(22)33/h4-11,14,19,21,34-35H,3,12-13H2,1-2H3/t14-,19?,21-/m1/s1. The summed E-state index contributed by atoms with van der Waals surface area (Å²) in [6, 6.07) is 7.39. The summed E-state index contributed by atoms with van der Waals surface area (Å²) >= 11 is 1.31. The summed E-state index contributed by atoms with van der Waals surface area (Å²) in [5.74, 6) is -1.81. The molecule has 1 unspecified atom stereocenters. The fourth-order valence-corrected chi connectivity index (χ4v) is 6.18. The van der Waals surface area contributed by atoms with Crippen LogP contribution in [0, 0.1) is 5.82 Å². The summed E-state index contributed by atoms with van der Waals surface area (Å²) in [5.41, 5.74) is 2.71. The maximum absolute atomic E-state index is 15.1. The van der Waals surface area contributed by atoms with Crippen LogP contribution in [0.1, 0.15) is 42.1 Å². The van der Waals surface area contributed by atoms with Crippen molar-refractivity contribution in [2.75, 3.05) is 6.67 Å². The number of carbonyl (C=O) groups excluding carboxylic acids is 1. The fourth-order valence-electron chi connectivity index (χ4n) is 5.07. The predicted octanol–water partition coefficient (Wildman–Crippen LogP) is 5.01. The molecule has 2 aromatic carbocycles. The molecule has 2 aromatic rings. The lowest BCUT2D eigenvalue weighted by Gasteiger charge is -2.50. The third-order valence-electron chi connectivity index (χ3n) is 7.04. The van der Waals surface area contributed by atoms with Gasteiger partial charge in [0, 0.05) is 16.8 Å². The first-order valence-corrected chi connectivity index (χ1v) is 12.8. The second-order valence-electron chi connectivity index (χ2n) is 9.13. The number of aryl methyl sites for hydroxylation is 1. The molecule has 3 heterocycles. The van der Waals surface area contributed by atoms with Crippen LogP contribution in [0.5, 0.6) is 0 Å². The van der Waals surface area contributed by atoms with Gasteiger partial charge in [-0.1, -0.05) is 37.3 Å². The molecule has 0 aromatic heterocycles. The average Bonchev–Trinajstić information content (AvgIpc) is 3.03. The number of benzene rings is 2. The topological polar surface area (TPSA) is 67.2 Å². The van der Waals surface area contributed by atoms with Crippen LogP contribution < -0.4 is 0 Å². The van der Waals surface area contributed by atoms with Gasteiger partial charge in [-0.3, -0.25) is 9.80 Å². The molecule has 0 aliphatic carbocycles. The largest absolute Gasteiger partial charge is 0.507 e. The minimum absolute atomic E-state index is 0.369. The third-order valence-corrected chi connectivity index (χ3v) is 8.22. The number of hydrazine groups is 1. The van der Waals surface area contributed by atoms with E-state index in [0.717, 1.165) is 23.6 Å². The van der Waals surface area contributed by atoms with E-state index in [9.17, 15) is 28.2 Å². The summed E-state index contributed by atoms with van der Waals surface area (Å²) in [7, 11) is 0. The number of halogens is 4. The number of hydrogen-bond donors (Lipinski definition) is 2. The Morgan fingerprint density at radius 2 is 1.92 bits per heavy atom. The molecule has 37 heavy (non-hydrogen) atoms. The van der Waals surface area contributed by atoms with Gasteiger partial charge in [0.25, 0.3) is 5.91 Å². The lowest BCUT2D eigenvalue weighted by atomic mass is 9.89. The van der Waals surface area contributed by atoms with Crippen molar-refractivity contribution in [2.45, 2.75) is 55.3 Å². The van der Waals surface area contributed by atoms with E-state index in [4.69, 9.17) is 0 Å². The van der Waals surface area contributed by atoms with E-state index in [0.29, 0.717) is 27.5 Å². The highest BCUT2D eigenvalue weighted by atomic mass is 32.2. The quantitative estimate of drug-likeness (QED) is 0.539. The first kappa shape index (κ1) is 25.6. The Kier molecular flexibility index (Phi) is 6.49. The summed E-state index contributed by atoms with van der Waals surface area (Å²) in [4.78, 5) is 14.3. The Labute approximate surface area is 215 Å². The number of aliphatic hydroxyl groups excluding tert-OH is 2. The normalized spacial score (nSPS) is 22.9. The molecule has 196 valence electrons. The van der Waals surface area contributed by atoms with Crippen LogP contribution in [0.15, 0.2) is 65.0 Å². The van der Waals surface area contributed by atoms with Crippen molar-refractivity contribution in [3.8, 4) is 0 Å². The number of alkyl halides is 3.